The Balaban J connectivity index is 2.73. The highest BCUT2D eigenvalue weighted by Crippen LogP contribution is 2.27. The molecule has 0 fully saturated rings. The molecule has 0 aliphatic rings. The van der Waals surface area contributed by atoms with Gasteiger partial charge >= 0.3 is 0 Å². The maximum absolute atomic E-state index is 6.15. The molecule has 0 saturated heterocycles. The van der Waals surface area contributed by atoms with Crippen molar-refractivity contribution in [1.82, 2.24) is 5.32 Å². The molecule has 0 aliphatic carbocycles. The molecule has 1 aromatic rings. The zero-order chi connectivity index (χ0) is 12.3. The summed E-state index contributed by atoms with van der Waals surface area (Å²) in [5, 5.41) is 4.99. The zero-order valence-corrected chi connectivity index (χ0v) is 11.8. The standard InChI is InChI=1S/C13H19Cl2N/c1-9(8-16-13(2,3)4)11-7-10(14)5-6-12(11)15/h5-7,9,16H,8H2,1-4H3. The van der Waals surface area contributed by atoms with Crippen molar-refractivity contribution >= 4 is 23.2 Å². The van der Waals surface area contributed by atoms with Crippen LogP contribution in [0.1, 0.15) is 39.2 Å². The van der Waals surface area contributed by atoms with E-state index in [2.05, 4.69) is 33.0 Å². The van der Waals surface area contributed by atoms with Crippen LogP contribution in [0.3, 0.4) is 0 Å². The fraction of sp³-hybridized carbons (Fsp3) is 0.538. The van der Waals surface area contributed by atoms with Gasteiger partial charge in [0.25, 0.3) is 0 Å². The Morgan fingerprint density at radius 1 is 1.25 bits per heavy atom. The maximum atomic E-state index is 6.15. The normalized spacial score (nSPS) is 13.9. The Morgan fingerprint density at radius 3 is 2.44 bits per heavy atom. The molecule has 90 valence electrons. The molecule has 0 saturated carbocycles. The van der Waals surface area contributed by atoms with Crippen LogP contribution in [0, 0.1) is 0 Å². The Labute approximate surface area is 108 Å². The predicted octanol–water partition coefficient (Wildman–Crippen LogP) is 4.49. The van der Waals surface area contributed by atoms with E-state index in [1.165, 1.54) is 0 Å². The molecular formula is C13H19Cl2N. The van der Waals surface area contributed by atoms with Crippen molar-refractivity contribution in [3.8, 4) is 0 Å². The first-order chi connectivity index (χ1) is 7.29. The largest absolute Gasteiger partial charge is 0.311 e. The van der Waals surface area contributed by atoms with Crippen LogP contribution < -0.4 is 5.32 Å². The van der Waals surface area contributed by atoms with E-state index < -0.39 is 0 Å². The van der Waals surface area contributed by atoms with Gasteiger partial charge in [0.15, 0.2) is 0 Å². The molecule has 1 unspecified atom stereocenters. The highest BCUT2D eigenvalue weighted by atomic mass is 35.5. The molecule has 1 aromatic carbocycles. The van der Waals surface area contributed by atoms with Crippen LogP contribution in [0.25, 0.3) is 0 Å². The SMILES string of the molecule is CC(CNC(C)(C)C)c1cc(Cl)ccc1Cl. The first kappa shape index (κ1) is 13.8. The van der Waals surface area contributed by atoms with Crippen LogP contribution in [0.5, 0.6) is 0 Å². The zero-order valence-electron chi connectivity index (χ0n) is 10.3. The first-order valence-corrected chi connectivity index (χ1v) is 6.25. The van der Waals surface area contributed by atoms with Gasteiger partial charge in [0, 0.05) is 22.1 Å². The van der Waals surface area contributed by atoms with E-state index in [9.17, 15) is 0 Å². The molecule has 0 bridgehead atoms. The summed E-state index contributed by atoms with van der Waals surface area (Å²) in [6.07, 6.45) is 0. The van der Waals surface area contributed by atoms with Gasteiger partial charge in [-0.1, -0.05) is 30.1 Å². The van der Waals surface area contributed by atoms with Crippen molar-refractivity contribution in [1.29, 1.82) is 0 Å². The van der Waals surface area contributed by atoms with Gasteiger partial charge in [-0.3, -0.25) is 0 Å². The second-order valence-corrected chi connectivity index (χ2v) is 6.04. The Kier molecular flexibility index (Phi) is 4.66. The van der Waals surface area contributed by atoms with Gasteiger partial charge in [0.05, 0.1) is 0 Å². The molecule has 1 rings (SSSR count). The number of rotatable bonds is 3. The highest BCUT2D eigenvalue weighted by Gasteiger charge is 2.14. The smallest absolute Gasteiger partial charge is 0.0442 e. The average Bonchev–Trinajstić information content (AvgIpc) is 2.17. The molecule has 0 aromatic heterocycles. The van der Waals surface area contributed by atoms with Crippen LogP contribution in [0.15, 0.2) is 18.2 Å². The first-order valence-electron chi connectivity index (χ1n) is 5.49. The summed E-state index contributed by atoms with van der Waals surface area (Å²) in [5.41, 5.74) is 1.23. The second kappa shape index (κ2) is 5.39. The van der Waals surface area contributed by atoms with Crippen molar-refractivity contribution in [2.24, 2.45) is 0 Å². The van der Waals surface area contributed by atoms with Crippen molar-refractivity contribution in [2.45, 2.75) is 39.2 Å². The Bertz CT molecular complexity index is 355. The number of benzene rings is 1. The third-order valence-electron chi connectivity index (χ3n) is 2.43. The summed E-state index contributed by atoms with van der Waals surface area (Å²) in [7, 11) is 0. The molecule has 1 atom stereocenters. The van der Waals surface area contributed by atoms with E-state index in [1.807, 2.05) is 18.2 Å². The summed E-state index contributed by atoms with van der Waals surface area (Å²) in [6, 6.07) is 5.61. The lowest BCUT2D eigenvalue weighted by Crippen LogP contribution is -2.38. The number of nitrogens with one attached hydrogen (secondary N) is 1. The van der Waals surface area contributed by atoms with Crippen molar-refractivity contribution in [3.05, 3.63) is 33.8 Å². The minimum Gasteiger partial charge on any atom is -0.311 e. The van der Waals surface area contributed by atoms with E-state index in [1.54, 1.807) is 0 Å². The lowest BCUT2D eigenvalue weighted by atomic mass is 9.99. The van der Waals surface area contributed by atoms with Crippen LogP contribution >= 0.6 is 23.2 Å². The minimum atomic E-state index is 0.124. The highest BCUT2D eigenvalue weighted by molar-refractivity contribution is 6.33. The molecule has 16 heavy (non-hydrogen) atoms. The van der Waals surface area contributed by atoms with Crippen molar-refractivity contribution in [3.63, 3.8) is 0 Å². The quantitative estimate of drug-likeness (QED) is 0.844. The van der Waals surface area contributed by atoms with Gasteiger partial charge in [0.1, 0.15) is 0 Å². The molecule has 0 spiro atoms. The van der Waals surface area contributed by atoms with E-state index in [0.717, 1.165) is 22.2 Å². The van der Waals surface area contributed by atoms with Crippen molar-refractivity contribution in [2.75, 3.05) is 6.54 Å². The number of hydrogen-bond donors (Lipinski definition) is 1. The Hall–Kier alpha value is -0.240. The molecule has 0 heterocycles. The fourth-order valence-corrected chi connectivity index (χ4v) is 1.95. The summed E-state index contributed by atoms with van der Waals surface area (Å²) >= 11 is 12.1. The van der Waals surface area contributed by atoms with E-state index in [-0.39, 0.29) is 5.54 Å². The van der Waals surface area contributed by atoms with E-state index in [0.29, 0.717) is 5.92 Å². The third kappa shape index (κ3) is 4.32. The van der Waals surface area contributed by atoms with Crippen molar-refractivity contribution < 1.29 is 0 Å². The molecule has 0 aliphatic heterocycles. The van der Waals surface area contributed by atoms with E-state index >= 15 is 0 Å². The van der Waals surface area contributed by atoms with Crippen LogP contribution in [0.4, 0.5) is 0 Å². The number of hydrogen-bond acceptors (Lipinski definition) is 1. The fourth-order valence-electron chi connectivity index (χ4n) is 1.46. The molecule has 1 N–H and O–H groups in total. The van der Waals surface area contributed by atoms with Gasteiger partial charge in [0.2, 0.25) is 0 Å². The number of halogens is 2. The summed E-state index contributed by atoms with van der Waals surface area (Å²) < 4.78 is 0. The van der Waals surface area contributed by atoms with Crippen LogP contribution in [0.2, 0.25) is 10.0 Å². The maximum Gasteiger partial charge on any atom is 0.0442 e. The van der Waals surface area contributed by atoms with Gasteiger partial charge < -0.3 is 5.32 Å². The lowest BCUT2D eigenvalue weighted by Gasteiger charge is -2.24. The van der Waals surface area contributed by atoms with Gasteiger partial charge in [-0.2, -0.15) is 0 Å². The summed E-state index contributed by atoms with van der Waals surface area (Å²) in [6.45, 7) is 9.50. The Morgan fingerprint density at radius 2 is 1.88 bits per heavy atom. The van der Waals surface area contributed by atoms with Crippen LogP contribution in [-0.2, 0) is 0 Å². The van der Waals surface area contributed by atoms with Gasteiger partial charge in [-0.15, -0.1) is 0 Å². The lowest BCUT2D eigenvalue weighted by molar-refractivity contribution is 0.412. The summed E-state index contributed by atoms with van der Waals surface area (Å²) in [5.74, 6) is 0.352. The molecule has 0 radical (unpaired) electrons. The molecular weight excluding hydrogens is 241 g/mol. The topological polar surface area (TPSA) is 12.0 Å². The summed E-state index contributed by atoms with van der Waals surface area (Å²) in [4.78, 5) is 0. The van der Waals surface area contributed by atoms with Crippen LogP contribution in [-0.4, -0.2) is 12.1 Å². The van der Waals surface area contributed by atoms with Gasteiger partial charge in [-0.05, 0) is 50.5 Å². The minimum absolute atomic E-state index is 0.124. The monoisotopic (exact) mass is 259 g/mol. The van der Waals surface area contributed by atoms with E-state index in [4.69, 9.17) is 23.2 Å². The molecule has 1 nitrogen and oxygen atoms in total. The average molecular weight is 260 g/mol. The third-order valence-corrected chi connectivity index (χ3v) is 3.01. The predicted molar refractivity (Wildman–Crippen MR) is 72.6 cm³/mol. The molecule has 0 amide bonds. The molecule has 3 heteroatoms. The second-order valence-electron chi connectivity index (χ2n) is 5.20. The van der Waals surface area contributed by atoms with Gasteiger partial charge in [-0.25, -0.2) is 0 Å².